The number of benzene rings is 1. The van der Waals surface area contributed by atoms with Gasteiger partial charge in [-0.05, 0) is 43.2 Å². The van der Waals surface area contributed by atoms with Crippen LogP contribution in [0.25, 0.3) is 0 Å². The van der Waals surface area contributed by atoms with Gasteiger partial charge >= 0.3 is 0 Å². The molecule has 0 spiro atoms. The predicted octanol–water partition coefficient (Wildman–Crippen LogP) is 2.34. The van der Waals surface area contributed by atoms with Crippen molar-refractivity contribution in [3.8, 4) is 0 Å². The highest BCUT2D eigenvalue weighted by molar-refractivity contribution is 6.05. The molecular weight excluding hydrogens is 316 g/mol. The van der Waals surface area contributed by atoms with Gasteiger partial charge in [0.2, 0.25) is 0 Å². The van der Waals surface area contributed by atoms with Crippen molar-refractivity contribution < 1.29 is 9.59 Å². The summed E-state index contributed by atoms with van der Waals surface area (Å²) in [6.07, 6.45) is 7.09. The van der Waals surface area contributed by atoms with Crippen molar-refractivity contribution in [2.75, 3.05) is 11.9 Å². The Kier molecular flexibility index (Phi) is 5.09. The smallest absolute Gasteiger partial charge is 0.257 e. The Morgan fingerprint density at radius 3 is 2.52 bits per heavy atom. The molecule has 4 N–H and O–H groups in total. The minimum atomic E-state index is -0.300. The molecule has 3 rings (SSSR count). The van der Waals surface area contributed by atoms with E-state index in [2.05, 4.69) is 15.6 Å². The highest BCUT2D eigenvalue weighted by Crippen LogP contribution is 2.29. The molecule has 0 radical (unpaired) electrons. The molecule has 0 aliphatic heterocycles. The van der Waals surface area contributed by atoms with Gasteiger partial charge in [0.1, 0.15) is 0 Å². The average molecular weight is 338 g/mol. The number of carbonyl (C=O) groups excluding carboxylic acids is 2. The first kappa shape index (κ1) is 17.1. The number of carbonyl (C=O) groups is 2. The number of amides is 2. The van der Waals surface area contributed by atoms with Crippen LogP contribution in [0.4, 0.5) is 5.69 Å². The summed E-state index contributed by atoms with van der Waals surface area (Å²) in [5.74, 6) is -0.426. The van der Waals surface area contributed by atoms with E-state index in [0.29, 0.717) is 23.4 Å². The number of aromatic nitrogens is 1. The Bertz CT molecular complexity index is 755. The summed E-state index contributed by atoms with van der Waals surface area (Å²) < 4.78 is 0. The number of rotatable bonds is 5. The lowest BCUT2D eigenvalue weighted by atomic mass is 9.97. The van der Waals surface area contributed by atoms with E-state index in [9.17, 15) is 9.59 Å². The van der Waals surface area contributed by atoms with Gasteiger partial charge in [0, 0.05) is 30.2 Å². The second kappa shape index (κ2) is 7.44. The third-order valence-corrected chi connectivity index (χ3v) is 4.64. The molecule has 1 heterocycles. The largest absolute Gasteiger partial charge is 0.345 e. The van der Waals surface area contributed by atoms with Crippen LogP contribution in [0.15, 0.2) is 48.8 Å². The molecule has 1 aromatic heterocycles. The maximum atomic E-state index is 12.6. The second-order valence-electron chi connectivity index (χ2n) is 6.42. The third kappa shape index (κ3) is 4.03. The topological polar surface area (TPSA) is 97.1 Å². The first-order valence-electron chi connectivity index (χ1n) is 8.46. The maximum absolute atomic E-state index is 12.6. The molecule has 2 aromatic rings. The minimum absolute atomic E-state index is 0.162. The van der Waals surface area contributed by atoms with Crippen molar-refractivity contribution in [1.29, 1.82) is 0 Å². The van der Waals surface area contributed by atoms with Gasteiger partial charge < -0.3 is 16.4 Å². The minimum Gasteiger partial charge on any atom is -0.345 e. The summed E-state index contributed by atoms with van der Waals surface area (Å²) in [5.41, 5.74) is 7.11. The lowest BCUT2D eigenvalue weighted by molar-refractivity contribution is 0.0902. The van der Waals surface area contributed by atoms with Gasteiger partial charge in [0.25, 0.3) is 11.8 Å². The van der Waals surface area contributed by atoms with Gasteiger partial charge in [-0.15, -0.1) is 0 Å². The molecule has 1 saturated carbocycles. The fourth-order valence-electron chi connectivity index (χ4n) is 3.18. The van der Waals surface area contributed by atoms with Gasteiger partial charge in [-0.1, -0.05) is 18.9 Å². The van der Waals surface area contributed by atoms with E-state index in [-0.39, 0.29) is 17.4 Å². The van der Waals surface area contributed by atoms with Crippen LogP contribution in [0, 0.1) is 0 Å². The van der Waals surface area contributed by atoms with E-state index in [4.69, 9.17) is 5.73 Å². The molecule has 0 bridgehead atoms. The molecule has 1 fully saturated rings. The molecule has 6 nitrogen and oxygen atoms in total. The van der Waals surface area contributed by atoms with Crippen molar-refractivity contribution in [3.63, 3.8) is 0 Å². The Balaban J connectivity index is 1.71. The van der Waals surface area contributed by atoms with Crippen LogP contribution in [0.1, 0.15) is 46.4 Å². The van der Waals surface area contributed by atoms with Crippen LogP contribution in [0.3, 0.4) is 0 Å². The molecule has 2 amide bonds. The van der Waals surface area contributed by atoms with Crippen LogP contribution < -0.4 is 16.4 Å². The maximum Gasteiger partial charge on any atom is 0.257 e. The molecule has 1 aliphatic rings. The van der Waals surface area contributed by atoms with Crippen LogP contribution in [0.2, 0.25) is 0 Å². The highest BCUT2D eigenvalue weighted by atomic mass is 16.2. The fourth-order valence-corrected chi connectivity index (χ4v) is 3.18. The van der Waals surface area contributed by atoms with E-state index in [1.807, 2.05) is 0 Å². The third-order valence-electron chi connectivity index (χ3n) is 4.64. The molecule has 0 unspecified atom stereocenters. The molecule has 6 heteroatoms. The number of pyridine rings is 1. The van der Waals surface area contributed by atoms with Crippen LogP contribution >= 0.6 is 0 Å². The van der Waals surface area contributed by atoms with E-state index in [0.717, 1.165) is 25.7 Å². The van der Waals surface area contributed by atoms with E-state index < -0.39 is 0 Å². The SMILES string of the molecule is NCC1(NC(=O)c2cccc(NC(=O)c3cccnc3)c2)CCCC1. The molecule has 0 saturated heterocycles. The van der Waals surface area contributed by atoms with Gasteiger partial charge in [-0.25, -0.2) is 0 Å². The summed E-state index contributed by atoms with van der Waals surface area (Å²) in [6.45, 7) is 0.441. The van der Waals surface area contributed by atoms with Crippen molar-refractivity contribution in [2.24, 2.45) is 5.73 Å². The van der Waals surface area contributed by atoms with E-state index in [1.165, 1.54) is 6.20 Å². The summed E-state index contributed by atoms with van der Waals surface area (Å²) in [5, 5.41) is 5.87. The molecule has 130 valence electrons. The van der Waals surface area contributed by atoms with Crippen molar-refractivity contribution in [3.05, 3.63) is 59.9 Å². The molecule has 1 aromatic carbocycles. The van der Waals surface area contributed by atoms with Crippen LogP contribution in [0.5, 0.6) is 0 Å². The summed E-state index contributed by atoms with van der Waals surface area (Å²) in [7, 11) is 0. The monoisotopic (exact) mass is 338 g/mol. The van der Waals surface area contributed by atoms with Crippen molar-refractivity contribution >= 4 is 17.5 Å². The van der Waals surface area contributed by atoms with E-state index >= 15 is 0 Å². The number of nitrogens with zero attached hydrogens (tertiary/aromatic N) is 1. The van der Waals surface area contributed by atoms with Crippen molar-refractivity contribution in [2.45, 2.75) is 31.2 Å². The Morgan fingerprint density at radius 1 is 1.08 bits per heavy atom. The Labute approximate surface area is 146 Å². The fraction of sp³-hybridized carbons (Fsp3) is 0.316. The van der Waals surface area contributed by atoms with Crippen molar-refractivity contribution in [1.82, 2.24) is 10.3 Å². The molecule has 25 heavy (non-hydrogen) atoms. The zero-order valence-corrected chi connectivity index (χ0v) is 14.0. The van der Waals surface area contributed by atoms with Gasteiger partial charge in [-0.3, -0.25) is 14.6 Å². The first-order valence-corrected chi connectivity index (χ1v) is 8.46. The Hall–Kier alpha value is -2.73. The second-order valence-corrected chi connectivity index (χ2v) is 6.42. The molecule has 1 aliphatic carbocycles. The first-order chi connectivity index (χ1) is 12.1. The zero-order chi connectivity index (χ0) is 17.7. The Morgan fingerprint density at radius 2 is 1.84 bits per heavy atom. The lowest BCUT2D eigenvalue weighted by Crippen LogP contribution is -2.51. The number of hydrogen-bond donors (Lipinski definition) is 3. The zero-order valence-electron chi connectivity index (χ0n) is 14.0. The average Bonchev–Trinajstić information content (AvgIpc) is 3.11. The van der Waals surface area contributed by atoms with Crippen LogP contribution in [-0.2, 0) is 0 Å². The quantitative estimate of drug-likeness (QED) is 0.779. The predicted molar refractivity (Wildman–Crippen MR) is 96.4 cm³/mol. The number of nitrogens with one attached hydrogen (secondary N) is 2. The summed E-state index contributed by atoms with van der Waals surface area (Å²) in [6, 6.07) is 10.3. The number of anilines is 1. The number of hydrogen-bond acceptors (Lipinski definition) is 4. The van der Waals surface area contributed by atoms with Gasteiger partial charge in [0.05, 0.1) is 11.1 Å². The lowest BCUT2D eigenvalue weighted by Gasteiger charge is -2.28. The standard InChI is InChI=1S/C19H22N4O2/c20-13-19(8-1-2-9-19)23-18(25)14-5-3-7-16(11-14)22-17(24)15-6-4-10-21-12-15/h3-7,10-12H,1-2,8-9,13,20H2,(H,22,24)(H,23,25). The van der Waals surface area contributed by atoms with Gasteiger partial charge in [-0.2, -0.15) is 0 Å². The number of nitrogens with two attached hydrogens (primary N) is 1. The van der Waals surface area contributed by atoms with Crippen LogP contribution in [-0.4, -0.2) is 28.9 Å². The highest BCUT2D eigenvalue weighted by Gasteiger charge is 2.34. The molecular formula is C19H22N4O2. The normalized spacial score (nSPS) is 15.6. The van der Waals surface area contributed by atoms with Gasteiger partial charge in [0.15, 0.2) is 0 Å². The molecule has 0 atom stereocenters. The summed E-state index contributed by atoms with van der Waals surface area (Å²) in [4.78, 5) is 28.7. The summed E-state index contributed by atoms with van der Waals surface area (Å²) >= 11 is 0. The van der Waals surface area contributed by atoms with E-state index in [1.54, 1.807) is 42.6 Å².